The van der Waals surface area contributed by atoms with Gasteiger partial charge in [-0.05, 0) is 57.0 Å². The van der Waals surface area contributed by atoms with Crippen LogP contribution in [0, 0.1) is 20.8 Å². The Labute approximate surface area is 158 Å². The van der Waals surface area contributed by atoms with Crippen molar-refractivity contribution in [3.8, 4) is 5.75 Å². The highest BCUT2D eigenvalue weighted by atomic mass is 35.5. The SMILES string of the molecule is Cc1cc(OCC(=O)c2cc(C)n([C@H]3CCS(=O)(=O)C3)c2C)ccc1Cl. The molecule has 1 aliphatic rings. The van der Waals surface area contributed by atoms with Crippen LogP contribution in [0.2, 0.25) is 5.02 Å². The fraction of sp³-hybridized carbons (Fsp3) is 0.421. The second-order valence-corrected chi connectivity index (χ2v) is 9.47. The van der Waals surface area contributed by atoms with Crippen LogP contribution in [0.5, 0.6) is 5.75 Å². The lowest BCUT2D eigenvalue weighted by Crippen LogP contribution is -2.16. The molecule has 3 rings (SSSR count). The van der Waals surface area contributed by atoms with Gasteiger partial charge in [-0.15, -0.1) is 0 Å². The van der Waals surface area contributed by atoms with Crippen LogP contribution in [-0.2, 0) is 9.84 Å². The minimum absolute atomic E-state index is 0.0751. The zero-order valence-electron chi connectivity index (χ0n) is 15.1. The molecule has 26 heavy (non-hydrogen) atoms. The van der Waals surface area contributed by atoms with Crippen LogP contribution in [0.1, 0.15) is 39.8 Å². The number of ketones is 1. The van der Waals surface area contributed by atoms with Crippen LogP contribution < -0.4 is 4.74 Å². The van der Waals surface area contributed by atoms with Gasteiger partial charge in [-0.3, -0.25) is 4.79 Å². The van der Waals surface area contributed by atoms with Crippen molar-refractivity contribution < 1.29 is 17.9 Å². The third-order valence-electron chi connectivity index (χ3n) is 4.86. The molecule has 0 aliphatic carbocycles. The summed E-state index contributed by atoms with van der Waals surface area (Å²) in [7, 11) is -2.98. The average Bonchev–Trinajstić information content (AvgIpc) is 3.07. The largest absolute Gasteiger partial charge is 0.485 e. The number of rotatable bonds is 5. The van der Waals surface area contributed by atoms with E-state index in [9.17, 15) is 13.2 Å². The fourth-order valence-corrected chi connectivity index (χ4v) is 5.35. The van der Waals surface area contributed by atoms with E-state index < -0.39 is 9.84 Å². The van der Waals surface area contributed by atoms with E-state index in [4.69, 9.17) is 16.3 Å². The topological polar surface area (TPSA) is 65.4 Å². The number of nitrogens with zero attached hydrogens (tertiary/aromatic N) is 1. The van der Waals surface area contributed by atoms with Crippen LogP contribution in [0.3, 0.4) is 0 Å². The molecule has 0 bridgehead atoms. The molecular formula is C19H22ClNO4S. The first-order valence-corrected chi connectivity index (χ1v) is 10.7. The Kier molecular flexibility index (Phi) is 5.17. The number of aryl methyl sites for hydroxylation is 2. The van der Waals surface area contributed by atoms with Gasteiger partial charge in [0.15, 0.2) is 16.4 Å². The molecule has 0 N–H and O–H groups in total. The minimum Gasteiger partial charge on any atom is -0.485 e. The molecule has 5 nitrogen and oxygen atoms in total. The molecule has 140 valence electrons. The number of hydrogen-bond acceptors (Lipinski definition) is 4. The molecule has 1 atom stereocenters. The van der Waals surface area contributed by atoms with E-state index in [1.165, 1.54) is 0 Å². The van der Waals surface area contributed by atoms with E-state index in [1.54, 1.807) is 18.2 Å². The van der Waals surface area contributed by atoms with Gasteiger partial charge in [0, 0.05) is 28.0 Å². The average molecular weight is 396 g/mol. The molecule has 0 radical (unpaired) electrons. The van der Waals surface area contributed by atoms with Gasteiger partial charge < -0.3 is 9.30 Å². The van der Waals surface area contributed by atoms with Crippen LogP contribution >= 0.6 is 11.6 Å². The Morgan fingerprint density at radius 1 is 1.27 bits per heavy atom. The number of halogens is 1. The minimum atomic E-state index is -2.98. The number of carbonyl (C=O) groups is 1. The molecule has 1 saturated heterocycles. The number of hydrogen-bond donors (Lipinski definition) is 0. The molecular weight excluding hydrogens is 374 g/mol. The molecule has 1 aromatic carbocycles. The van der Waals surface area contributed by atoms with Crippen LogP contribution in [0.15, 0.2) is 24.3 Å². The van der Waals surface area contributed by atoms with Gasteiger partial charge in [-0.2, -0.15) is 0 Å². The van der Waals surface area contributed by atoms with E-state index in [-0.39, 0.29) is 29.9 Å². The zero-order chi connectivity index (χ0) is 19.1. The monoisotopic (exact) mass is 395 g/mol. The summed E-state index contributed by atoms with van der Waals surface area (Å²) in [5.41, 5.74) is 3.16. The standard InChI is InChI=1S/C19H22ClNO4S/c1-12-8-16(4-5-18(12)20)25-10-19(22)17-9-13(2)21(14(17)3)15-6-7-26(23,24)11-15/h4-5,8-9,15H,6-7,10-11H2,1-3H3/t15-/m0/s1. The van der Waals surface area contributed by atoms with Crippen molar-refractivity contribution in [2.24, 2.45) is 0 Å². The van der Waals surface area contributed by atoms with Crippen molar-refractivity contribution in [3.63, 3.8) is 0 Å². The Bertz CT molecular complexity index is 962. The van der Waals surface area contributed by atoms with Crippen LogP contribution in [0.25, 0.3) is 0 Å². The zero-order valence-corrected chi connectivity index (χ0v) is 16.7. The highest BCUT2D eigenvalue weighted by Gasteiger charge is 2.31. The second kappa shape index (κ2) is 7.08. The van der Waals surface area contributed by atoms with E-state index in [0.29, 0.717) is 22.8 Å². The van der Waals surface area contributed by atoms with Crippen molar-refractivity contribution in [2.45, 2.75) is 33.2 Å². The summed E-state index contributed by atoms with van der Waals surface area (Å²) in [6.07, 6.45) is 0.590. The maximum absolute atomic E-state index is 12.6. The molecule has 2 aromatic rings. The number of aromatic nitrogens is 1. The molecule has 7 heteroatoms. The Hall–Kier alpha value is -1.79. The van der Waals surface area contributed by atoms with Crippen molar-refractivity contribution in [1.29, 1.82) is 0 Å². The van der Waals surface area contributed by atoms with Gasteiger partial charge in [-0.25, -0.2) is 8.42 Å². The lowest BCUT2D eigenvalue weighted by atomic mass is 10.1. The predicted molar refractivity (Wildman–Crippen MR) is 102 cm³/mol. The number of ether oxygens (including phenoxy) is 1. The third-order valence-corrected chi connectivity index (χ3v) is 7.03. The van der Waals surface area contributed by atoms with E-state index in [1.807, 2.05) is 31.4 Å². The molecule has 0 unspecified atom stereocenters. The quantitative estimate of drug-likeness (QED) is 0.724. The molecule has 1 aromatic heterocycles. The number of Topliss-reactive ketones (excluding diaryl/α,β-unsaturated/α-hetero) is 1. The van der Waals surface area contributed by atoms with E-state index >= 15 is 0 Å². The first-order chi connectivity index (χ1) is 12.2. The van der Waals surface area contributed by atoms with E-state index in [2.05, 4.69) is 0 Å². The summed E-state index contributed by atoms with van der Waals surface area (Å²) in [5, 5.41) is 0.652. The van der Waals surface area contributed by atoms with Crippen LogP contribution in [-0.4, -0.2) is 36.9 Å². The van der Waals surface area contributed by atoms with Crippen molar-refractivity contribution in [2.75, 3.05) is 18.1 Å². The Morgan fingerprint density at radius 2 is 2.00 bits per heavy atom. The Morgan fingerprint density at radius 3 is 2.62 bits per heavy atom. The van der Waals surface area contributed by atoms with Crippen LogP contribution in [0.4, 0.5) is 0 Å². The first kappa shape index (κ1) is 19.0. The van der Waals surface area contributed by atoms with Gasteiger partial charge in [0.2, 0.25) is 5.78 Å². The van der Waals surface area contributed by atoms with Crippen molar-refractivity contribution >= 4 is 27.2 Å². The third kappa shape index (κ3) is 3.81. The highest BCUT2D eigenvalue weighted by molar-refractivity contribution is 7.91. The maximum atomic E-state index is 12.6. The summed E-state index contributed by atoms with van der Waals surface area (Å²) in [6.45, 7) is 5.56. The maximum Gasteiger partial charge on any atom is 0.202 e. The van der Waals surface area contributed by atoms with Gasteiger partial charge >= 0.3 is 0 Å². The van der Waals surface area contributed by atoms with Crippen molar-refractivity contribution in [3.05, 3.63) is 51.8 Å². The number of benzene rings is 1. The first-order valence-electron chi connectivity index (χ1n) is 8.49. The van der Waals surface area contributed by atoms with Gasteiger partial charge in [-0.1, -0.05) is 11.6 Å². The molecule has 1 fully saturated rings. The molecule has 0 saturated carbocycles. The van der Waals surface area contributed by atoms with Crippen molar-refractivity contribution in [1.82, 2.24) is 4.57 Å². The summed E-state index contributed by atoms with van der Waals surface area (Å²) in [6, 6.07) is 6.99. The van der Waals surface area contributed by atoms with E-state index in [0.717, 1.165) is 17.0 Å². The molecule has 1 aliphatic heterocycles. The summed E-state index contributed by atoms with van der Waals surface area (Å²) in [4.78, 5) is 12.6. The molecule has 0 amide bonds. The lowest BCUT2D eigenvalue weighted by Gasteiger charge is -2.16. The molecule has 2 heterocycles. The number of carbonyl (C=O) groups excluding carboxylic acids is 1. The smallest absolute Gasteiger partial charge is 0.202 e. The Balaban J connectivity index is 1.76. The summed E-state index contributed by atoms with van der Waals surface area (Å²) >= 11 is 5.99. The predicted octanol–water partition coefficient (Wildman–Crippen LogP) is 3.69. The normalized spacial score (nSPS) is 18.8. The highest BCUT2D eigenvalue weighted by Crippen LogP contribution is 2.29. The second-order valence-electron chi connectivity index (χ2n) is 6.83. The van der Waals surface area contributed by atoms with Gasteiger partial charge in [0.1, 0.15) is 5.75 Å². The molecule has 0 spiro atoms. The lowest BCUT2D eigenvalue weighted by molar-refractivity contribution is 0.0920. The number of sulfone groups is 1. The summed E-state index contributed by atoms with van der Waals surface area (Å²) in [5.74, 6) is 0.808. The van der Waals surface area contributed by atoms with Gasteiger partial charge in [0.25, 0.3) is 0 Å². The summed E-state index contributed by atoms with van der Waals surface area (Å²) < 4.78 is 31.1. The fourth-order valence-electron chi connectivity index (χ4n) is 3.53. The van der Waals surface area contributed by atoms with Gasteiger partial charge in [0.05, 0.1) is 11.5 Å².